The molecule has 0 aromatic heterocycles. The van der Waals surface area contributed by atoms with Crippen molar-refractivity contribution in [3.63, 3.8) is 0 Å². The van der Waals surface area contributed by atoms with Crippen molar-refractivity contribution in [3.8, 4) is 0 Å². The van der Waals surface area contributed by atoms with E-state index in [1.807, 2.05) is 0 Å². The standard InChI is InChI=1S/C6H6O6/c7-3(1-5(9)10)4(8)2-6(11)12/h1-2,7-8H,(H,9,10)(H,11,12). The van der Waals surface area contributed by atoms with Gasteiger partial charge in [-0.1, -0.05) is 0 Å². The first-order valence-electron chi connectivity index (χ1n) is 2.71. The van der Waals surface area contributed by atoms with Crippen LogP contribution in [0, 0.1) is 0 Å². The summed E-state index contributed by atoms with van der Waals surface area (Å²) in [6.07, 6.45) is 0.545. The smallest absolute Gasteiger partial charge is 0.332 e. The van der Waals surface area contributed by atoms with Gasteiger partial charge in [-0.05, 0) is 0 Å². The summed E-state index contributed by atoms with van der Waals surface area (Å²) >= 11 is 0. The second-order valence-corrected chi connectivity index (χ2v) is 1.74. The normalized spacial score (nSPS) is 12.7. The molecule has 0 fully saturated rings. The summed E-state index contributed by atoms with van der Waals surface area (Å²) in [5, 5.41) is 33.4. The zero-order chi connectivity index (χ0) is 9.72. The molecule has 0 saturated carbocycles. The van der Waals surface area contributed by atoms with Crippen LogP contribution in [0.1, 0.15) is 0 Å². The van der Waals surface area contributed by atoms with Crippen LogP contribution in [0.25, 0.3) is 0 Å². The summed E-state index contributed by atoms with van der Waals surface area (Å²) in [5.41, 5.74) is 0. The van der Waals surface area contributed by atoms with Crippen LogP contribution >= 0.6 is 0 Å². The number of aliphatic carboxylic acids is 2. The molecule has 4 N–H and O–H groups in total. The van der Waals surface area contributed by atoms with Gasteiger partial charge >= 0.3 is 11.9 Å². The van der Waals surface area contributed by atoms with E-state index < -0.39 is 23.5 Å². The van der Waals surface area contributed by atoms with Crippen LogP contribution in [0.15, 0.2) is 23.7 Å². The Labute approximate surface area is 66.7 Å². The minimum atomic E-state index is -1.49. The third-order valence-electron chi connectivity index (χ3n) is 0.783. The highest BCUT2D eigenvalue weighted by molar-refractivity contribution is 5.83. The van der Waals surface area contributed by atoms with Gasteiger partial charge in [0.2, 0.25) is 0 Å². The zero-order valence-corrected chi connectivity index (χ0v) is 5.76. The lowest BCUT2D eigenvalue weighted by atomic mass is 10.3. The SMILES string of the molecule is O=C(O)C=C(O)C(O)=CC(=O)O. The third-order valence-corrected chi connectivity index (χ3v) is 0.783. The van der Waals surface area contributed by atoms with Crippen molar-refractivity contribution in [2.24, 2.45) is 0 Å². The molecule has 12 heavy (non-hydrogen) atoms. The highest BCUT2D eigenvalue weighted by Crippen LogP contribution is 2.01. The van der Waals surface area contributed by atoms with Crippen LogP contribution in [0.2, 0.25) is 0 Å². The molecule has 0 aromatic carbocycles. The molecule has 0 aliphatic carbocycles. The van der Waals surface area contributed by atoms with Crippen molar-refractivity contribution in [1.82, 2.24) is 0 Å². The van der Waals surface area contributed by atoms with Crippen LogP contribution in [-0.2, 0) is 9.59 Å². The number of carboxylic acid groups (broad SMARTS) is 2. The number of hydrogen-bond acceptors (Lipinski definition) is 4. The minimum absolute atomic E-state index is 0.273. The van der Waals surface area contributed by atoms with E-state index in [2.05, 4.69) is 0 Å². The van der Waals surface area contributed by atoms with Crippen molar-refractivity contribution < 1.29 is 30.0 Å². The third kappa shape index (κ3) is 3.94. The number of hydrogen-bond donors (Lipinski definition) is 4. The number of carboxylic acids is 2. The summed E-state index contributed by atoms with van der Waals surface area (Å²) < 4.78 is 0. The lowest BCUT2D eigenvalue weighted by molar-refractivity contribution is -0.132. The molecular formula is C6H6O6. The molecule has 0 aromatic rings. The fourth-order valence-corrected chi connectivity index (χ4v) is 0.382. The molecule has 6 heteroatoms. The molecule has 0 aliphatic heterocycles. The number of aliphatic hydroxyl groups is 2. The van der Waals surface area contributed by atoms with E-state index in [1.54, 1.807) is 0 Å². The van der Waals surface area contributed by atoms with Gasteiger partial charge in [-0.25, -0.2) is 9.59 Å². The van der Waals surface area contributed by atoms with E-state index in [1.165, 1.54) is 0 Å². The van der Waals surface area contributed by atoms with Gasteiger partial charge in [-0.3, -0.25) is 0 Å². The van der Waals surface area contributed by atoms with E-state index >= 15 is 0 Å². The quantitative estimate of drug-likeness (QED) is 0.273. The second-order valence-electron chi connectivity index (χ2n) is 1.74. The van der Waals surface area contributed by atoms with Crippen molar-refractivity contribution >= 4 is 11.9 Å². The lowest BCUT2D eigenvalue weighted by Crippen LogP contribution is -1.98. The van der Waals surface area contributed by atoms with Crippen LogP contribution in [0.3, 0.4) is 0 Å². The number of aliphatic hydroxyl groups excluding tert-OH is 2. The van der Waals surface area contributed by atoms with E-state index in [0.29, 0.717) is 0 Å². The monoisotopic (exact) mass is 174 g/mol. The first-order chi connectivity index (χ1) is 5.43. The van der Waals surface area contributed by atoms with Gasteiger partial charge in [-0.15, -0.1) is 0 Å². The molecule has 0 unspecified atom stereocenters. The summed E-state index contributed by atoms with van der Waals surface area (Å²) in [5.74, 6) is -4.99. The maximum atomic E-state index is 9.88. The average molecular weight is 174 g/mol. The maximum absolute atomic E-state index is 9.88. The Bertz CT molecular complexity index is 233. The van der Waals surface area contributed by atoms with Crippen molar-refractivity contribution in [2.45, 2.75) is 0 Å². The summed E-state index contributed by atoms with van der Waals surface area (Å²) in [6.45, 7) is 0. The van der Waals surface area contributed by atoms with Crippen LogP contribution in [-0.4, -0.2) is 32.4 Å². The molecule has 0 bridgehead atoms. The largest absolute Gasteiger partial charge is 0.504 e. The molecule has 0 aliphatic rings. The van der Waals surface area contributed by atoms with Crippen molar-refractivity contribution in [3.05, 3.63) is 23.7 Å². The van der Waals surface area contributed by atoms with E-state index in [-0.39, 0.29) is 12.2 Å². The maximum Gasteiger partial charge on any atom is 0.332 e. The molecule has 66 valence electrons. The predicted molar refractivity (Wildman–Crippen MR) is 36.7 cm³/mol. The summed E-state index contributed by atoms with van der Waals surface area (Å²) in [4.78, 5) is 19.8. The first-order valence-corrected chi connectivity index (χ1v) is 2.71. The molecule has 0 saturated heterocycles. The summed E-state index contributed by atoms with van der Waals surface area (Å²) in [7, 11) is 0. The van der Waals surface area contributed by atoms with Gasteiger partial charge in [0.1, 0.15) is 0 Å². The zero-order valence-electron chi connectivity index (χ0n) is 5.76. The van der Waals surface area contributed by atoms with Crippen LogP contribution in [0.4, 0.5) is 0 Å². The van der Waals surface area contributed by atoms with Crippen molar-refractivity contribution in [2.75, 3.05) is 0 Å². The van der Waals surface area contributed by atoms with E-state index in [9.17, 15) is 9.59 Å². The van der Waals surface area contributed by atoms with Gasteiger partial charge in [0, 0.05) is 0 Å². The van der Waals surface area contributed by atoms with Gasteiger partial charge in [0.25, 0.3) is 0 Å². The second kappa shape index (κ2) is 4.02. The molecule has 0 amide bonds. The number of carbonyl (C=O) groups is 2. The van der Waals surface area contributed by atoms with E-state index in [0.717, 1.165) is 0 Å². The topological polar surface area (TPSA) is 115 Å². The van der Waals surface area contributed by atoms with Crippen LogP contribution < -0.4 is 0 Å². The Morgan fingerprint density at radius 2 is 1.00 bits per heavy atom. The van der Waals surface area contributed by atoms with Gasteiger partial charge in [0.15, 0.2) is 11.5 Å². The fraction of sp³-hybridized carbons (Fsp3) is 0. The molecule has 0 radical (unpaired) electrons. The lowest BCUT2D eigenvalue weighted by Gasteiger charge is -1.94. The van der Waals surface area contributed by atoms with Gasteiger partial charge in [-0.2, -0.15) is 0 Å². The van der Waals surface area contributed by atoms with Crippen molar-refractivity contribution in [1.29, 1.82) is 0 Å². The summed E-state index contributed by atoms with van der Waals surface area (Å²) in [6, 6.07) is 0. The Morgan fingerprint density at radius 1 is 0.750 bits per heavy atom. The highest BCUT2D eigenvalue weighted by Gasteiger charge is 2.04. The molecule has 6 nitrogen and oxygen atoms in total. The molecule has 0 heterocycles. The van der Waals surface area contributed by atoms with Gasteiger partial charge in [0.05, 0.1) is 12.2 Å². The Kier molecular flexibility index (Phi) is 3.35. The minimum Gasteiger partial charge on any atom is -0.504 e. The predicted octanol–water partition coefficient (Wildman–Crippen LogP) is 0.0394. The fourth-order valence-electron chi connectivity index (χ4n) is 0.382. The highest BCUT2D eigenvalue weighted by atomic mass is 16.4. The Hall–Kier alpha value is -1.98. The molecule has 0 rings (SSSR count). The van der Waals surface area contributed by atoms with Gasteiger partial charge < -0.3 is 20.4 Å². The Balaban J connectivity index is 4.59. The molecule has 0 spiro atoms. The first kappa shape index (κ1) is 10.0. The van der Waals surface area contributed by atoms with E-state index in [4.69, 9.17) is 20.4 Å². The van der Waals surface area contributed by atoms with Crippen LogP contribution in [0.5, 0.6) is 0 Å². The molecule has 0 atom stereocenters. The Morgan fingerprint density at radius 3 is 1.17 bits per heavy atom. The number of rotatable bonds is 3. The average Bonchev–Trinajstić information content (AvgIpc) is 1.84. The molecular weight excluding hydrogens is 168 g/mol.